The van der Waals surface area contributed by atoms with Gasteiger partial charge in [0, 0.05) is 0 Å². The topological polar surface area (TPSA) is 20.2 Å². The molecule has 1 fully saturated rings. The van der Waals surface area contributed by atoms with Crippen molar-refractivity contribution < 1.29 is 9.85 Å². The molecule has 54 valence electrons. The highest BCUT2D eigenvalue weighted by atomic mass is 16.6. The molecule has 0 saturated carbocycles. The number of quaternary nitrogens is 1. The van der Waals surface area contributed by atoms with Gasteiger partial charge in [-0.15, -0.1) is 0 Å². The molecule has 1 aliphatic rings. The summed E-state index contributed by atoms with van der Waals surface area (Å²) in [5, 5.41) is 9.62. The van der Waals surface area contributed by atoms with E-state index < -0.39 is 0 Å². The summed E-state index contributed by atoms with van der Waals surface area (Å²) in [5.41, 5.74) is 0. The quantitative estimate of drug-likeness (QED) is 0.560. The van der Waals surface area contributed by atoms with Crippen LogP contribution in [0.4, 0.5) is 0 Å². The lowest BCUT2D eigenvalue weighted by atomic mass is 10.00. The molecule has 0 aromatic rings. The van der Waals surface area contributed by atoms with Crippen LogP contribution in [0.5, 0.6) is 0 Å². The summed E-state index contributed by atoms with van der Waals surface area (Å²) in [6, 6.07) is 0.537. The molecule has 0 aliphatic carbocycles. The zero-order valence-corrected chi connectivity index (χ0v) is 6.30. The van der Waals surface area contributed by atoms with E-state index in [1.165, 1.54) is 6.42 Å². The summed E-state index contributed by atoms with van der Waals surface area (Å²) in [6.07, 6.45) is 2.32. The highest BCUT2D eigenvalue weighted by Gasteiger charge is 2.43. The van der Waals surface area contributed by atoms with Crippen LogP contribution in [0.25, 0.3) is 0 Å². The van der Waals surface area contributed by atoms with Gasteiger partial charge in [0.05, 0.1) is 6.42 Å². The van der Waals surface area contributed by atoms with Gasteiger partial charge in [-0.05, 0) is 13.3 Å². The smallest absolute Gasteiger partial charge is 0.124 e. The Morgan fingerprint density at radius 2 is 2.22 bits per heavy atom. The van der Waals surface area contributed by atoms with Crippen molar-refractivity contribution in [3.8, 4) is 0 Å². The fraction of sp³-hybridized carbons (Fsp3) is 1.00. The summed E-state index contributed by atoms with van der Waals surface area (Å²) in [6.45, 7) is 6.03. The van der Waals surface area contributed by atoms with E-state index in [-0.39, 0.29) is 0 Å². The summed E-state index contributed by atoms with van der Waals surface area (Å²) in [4.78, 5) is 0. The molecule has 0 aromatic carbocycles. The third-order valence-corrected chi connectivity index (χ3v) is 2.55. The predicted molar refractivity (Wildman–Crippen MR) is 36.2 cm³/mol. The van der Waals surface area contributed by atoms with E-state index in [2.05, 4.69) is 6.92 Å². The predicted octanol–water partition coefficient (Wildman–Crippen LogP) is 1.39. The van der Waals surface area contributed by atoms with Crippen LogP contribution < -0.4 is 0 Å². The van der Waals surface area contributed by atoms with Gasteiger partial charge >= 0.3 is 0 Å². The second-order valence-corrected chi connectivity index (χ2v) is 2.88. The van der Waals surface area contributed by atoms with Gasteiger partial charge in [0.25, 0.3) is 0 Å². The van der Waals surface area contributed by atoms with Crippen LogP contribution in [0.3, 0.4) is 0 Å². The Bertz CT molecular complexity index is 99.1. The number of hydrogen-bond donors (Lipinski definition) is 1. The fourth-order valence-electron chi connectivity index (χ4n) is 1.57. The Labute approximate surface area is 56.6 Å². The van der Waals surface area contributed by atoms with Gasteiger partial charge in [0.1, 0.15) is 19.1 Å². The summed E-state index contributed by atoms with van der Waals surface area (Å²) in [5.74, 6) is 0. The third-order valence-electron chi connectivity index (χ3n) is 2.55. The maximum atomic E-state index is 9.62. The normalized spacial score (nSPS) is 42.3. The van der Waals surface area contributed by atoms with E-state index in [1.807, 2.05) is 6.92 Å². The molecule has 1 N–H and O–H groups in total. The van der Waals surface area contributed by atoms with Crippen molar-refractivity contribution in [2.75, 3.05) is 13.1 Å². The molecule has 0 aromatic heterocycles. The van der Waals surface area contributed by atoms with Crippen LogP contribution in [0.2, 0.25) is 0 Å². The average molecular weight is 130 g/mol. The standard InChI is InChI=1S/C7H16NO/c1-3-7-5-6-8(7,9)4-2/h7,9H,3-6H2,1-2H3/q+1. The Hall–Kier alpha value is -0.0800. The van der Waals surface area contributed by atoms with Crippen molar-refractivity contribution in [2.45, 2.75) is 32.7 Å². The van der Waals surface area contributed by atoms with Crippen molar-refractivity contribution in [3.63, 3.8) is 0 Å². The summed E-state index contributed by atoms with van der Waals surface area (Å²) >= 11 is 0. The van der Waals surface area contributed by atoms with E-state index in [0.717, 1.165) is 19.5 Å². The zero-order chi connectivity index (χ0) is 6.91. The van der Waals surface area contributed by atoms with Crippen molar-refractivity contribution >= 4 is 0 Å². The zero-order valence-electron chi connectivity index (χ0n) is 6.30. The van der Waals surface area contributed by atoms with Crippen molar-refractivity contribution in [3.05, 3.63) is 0 Å². The van der Waals surface area contributed by atoms with E-state index in [9.17, 15) is 5.21 Å². The van der Waals surface area contributed by atoms with Gasteiger partial charge in [-0.2, -0.15) is 4.65 Å². The molecule has 0 radical (unpaired) electrons. The van der Waals surface area contributed by atoms with Crippen LogP contribution in [0.15, 0.2) is 0 Å². The Morgan fingerprint density at radius 3 is 2.33 bits per heavy atom. The minimum atomic E-state index is 0.330. The van der Waals surface area contributed by atoms with Crippen molar-refractivity contribution in [1.82, 2.24) is 0 Å². The molecule has 2 heteroatoms. The first-order valence-electron chi connectivity index (χ1n) is 3.82. The minimum Gasteiger partial charge on any atom is -0.217 e. The molecular weight excluding hydrogens is 114 g/mol. The molecule has 1 aliphatic heterocycles. The summed E-state index contributed by atoms with van der Waals surface area (Å²) in [7, 11) is 0. The van der Waals surface area contributed by atoms with Gasteiger partial charge < -0.3 is 0 Å². The summed E-state index contributed by atoms with van der Waals surface area (Å²) < 4.78 is 0.330. The first kappa shape index (κ1) is 7.03. The molecule has 1 heterocycles. The number of rotatable bonds is 2. The molecule has 2 atom stereocenters. The van der Waals surface area contributed by atoms with Crippen LogP contribution in [-0.2, 0) is 0 Å². The molecule has 1 saturated heterocycles. The van der Waals surface area contributed by atoms with Crippen LogP contribution in [-0.4, -0.2) is 29.0 Å². The molecule has 0 spiro atoms. The average Bonchev–Trinajstić information content (AvgIpc) is 1.85. The lowest BCUT2D eigenvalue weighted by Crippen LogP contribution is -2.62. The van der Waals surface area contributed by atoms with Crippen molar-refractivity contribution in [1.29, 1.82) is 0 Å². The molecule has 0 amide bonds. The molecule has 2 unspecified atom stereocenters. The minimum absolute atomic E-state index is 0.330. The SMILES string of the molecule is CCC1CC[N+]1(O)CC. The second-order valence-electron chi connectivity index (χ2n) is 2.88. The van der Waals surface area contributed by atoms with E-state index >= 15 is 0 Å². The monoisotopic (exact) mass is 130 g/mol. The van der Waals surface area contributed by atoms with Gasteiger partial charge in [-0.1, -0.05) is 6.92 Å². The number of likely N-dealkylation sites (tertiary alicyclic amines) is 1. The van der Waals surface area contributed by atoms with Gasteiger partial charge in [-0.3, -0.25) is 0 Å². The highest BCUT2D eigenvalue weighted by Crippen LogP contribution is 2.26. The Morgan fingerprint density at radius 1 is 1.56 bits per heavy atom. The maximum Gasteiger partial charge on any atom is 0.124 e. The van der Waals surface area contributed by atoms with Crippen LogP contribution >= 0.6 is 0 Å². The highest BCUT2D eigenvalue weighted by molar-refractivity contribution is 4.63. The first-order chi connectivity index (χ1) is 4.23. The van der Waals surface area contributed by atoms with Gasteiger partial charge in [0.2, 0.25) is 0 Å². The number of nitrogens with zero attached hydrogens (tertiary/aromatic N) is 1. The Kier molecular flexibility index (Phi) is 1.78. The second kappa shape index (κ2) is 2.27. The fourth-order valence-corrected chi connectivity index (χ4v) is 1.57. The van der Waals surface area contributed by atoms with Crippen LogP contribution in [0.1, 0.15) is 26.7 Å². The lowest BCUT2D eigenvalue weighted by Gasteiger charge is -2.44. The molecular formula is C7H16NO+. The third kappa shape index (κ3) is 0.970. The van der Waals surface area contributed by atoms with Gasteiger partial charge in [0.15, 0.2) is 0 Å². The lowest BCUT2D eigenvalue weighted by molar-refractivity contribution is -1.15. The maximum absolute atomic E-state index is 9.62. The molecule has 2 nitrogen and oxygen atoms in total. The number of hydroxylamine groups is 3. The number of hydrogen-bond acceptors (Lipinski definition) is 1. The van der Waals surface area contributed by atoms with E-state index in [1.54, 1.807) is 0 Å². The van der Waals surface area contributed by atoms with Crippen LogP contribution in [0, 0.1) is 0 Å². The van der Waals surface area contributed by atoms with E-state index in [0.29, 0.717) is 10.7 Å². The van der Waals surface area contributed by atoms with Gasteiger partial charge in [-0.25, -0.2) is 5.21 Å². The molecule has 1 rings (SSSR count). The Balaban J connectivity index is 2.41. The van der Waals surface area contributed by atoms with E-state index in [4.69, 9.17) is 0 Å². The molecule has 9 heavy (non-hydrogen) atoms. The molecule has 0 bridgehead atoms. The first-order valence-corrected chi connectivity index (χ1v) is 3.82. The largest absolute Gasteiger partial charge is 0.217 e. The van der Waals surface area contributed by atoms with Crippen molar-refractivity contribution in [2.24, 2.45) is 0 Å².